The van der Waals surface area contributed by atoms with Crippen molar-refractivity contribution >= 4 is 31.5 Å². The second-order valence-electron chi connectivity index (χ2n) is 2.57. The number of hydrogen-bond acceptors (Lipinski definition) is 3. The fraction of sp³-hybridized carbons (Fsp3) is 0.250. The van der Waals surface area contributed by atoms with Crippen molar-refractivity contribution in [2.45, 2.75) is 16.7 Å². The highest BCUT2D eigenvalue weighted by atomic mass is 35.7. The van der Waals surface area contributed by atoms with E-state index in [1.807, 2.05) is 12.3 Å². The Morgan fingerprint density at radius 1 is 1.38 bits per heavy atom. The van der Waals surface area contributed by atoms with Crippen LogP contribution < -0.4 is 0 Å². The molecule has 0 fully saturated rings. The summed E-state index contributed by atoms with van der Waals surface area (Å²) in [6, 6.07) is 5.20. The minimum Gasteiger partial charge on any atom is -0.207 e. The molecule has 0 heterocycles. The monoisotopic (exact) mass is 236 g/mol. The Balaban J connectivity index is 3.36. The average Bonchev–Trinajstić information content (AvgIpc) is 2.03. The van der Waals surface area contributed by atoms with Crippen LogP contribution in [0.4, 0.5) is 0 Å². The summed E-state index contributed by atoms with van der Waals surface area (Å²) in [7, 11) is 1.65. The number of benzene rings is 1. The van der Waals surface area contributed by atoms with Gasteiger partial charge in [-0.25, -0.2) is 8.42 Å². The van der Waals surface area contributed by atoms with Crippen molar-refractivity contribution < 1.29 is 8.42 Å². The molecule has 0 saturated heterocycles. The molecule has 1 aromatic carbocycles. The van der Waals surface area contributed by atoms with Crippen LogP contribution in [0.2, 0.25) is 0 Å². The molecule has 0 amide bonds. The summed E-state index contributed by atoms with van der Waals surface area (Å²) in [4.78, 5) is 1.09. The van der Waals surface area contributed by atoms with Crippen molar-refractivity contribution in [3.63, 3.8) is 0 Å². The van der Waals surface area contributed by atoms with Crippen molar-refractivity contribution in [1.82, 2.24) is 0 Å². The molecule has 0 aliphatic carbocycles. The van der Waals surface area contributed by atoms with Gasteiger partial charge in [-0.2, -0.15) is 0 Å². The van der Waals surface area contributed by atoms with Gasteiger partial charge in [-0.1, -0.05) is 6.07 Å². The smallest absolute Gasteiger partial charge is 0.207 e. The van der Waals surface area contributed by atoms with E-state index in [1.54, 1.807) is 19.1 Å². The lowest BCUT2D eigenvalue weighted by Crippen LogP contribution is -1.94. The van der Waals surface area contributed by atoms with Gasteiger partial charge in [-0.15, -0.1) is 11.8 Å². The molecule has 1 aromatic rings. The van der Waals surface area contributed by atoms with E-state index in [-0.39, 0.29) is 4.90 Å². The summed E-state index contributed by atoms with van der Waals surface area (Å²) >= 11 is 1.48. The van der Waals surface area contributed by atoms with Crippen LogP contribution in [0.5, 0.6) is 0 Å². The topological polar surface area (TPSA) is 34.1 Å². The van der Waals surface area contributed by atoms with Crippen molar-refractivity contribution in [1.29, 1.82) is 0 Å². The Labute approximate surface area is 86.7 Å². The minimum atomic E-state index is -3.61. The van der Waals surface area contributed by atoms with Gasteiger partial charge in [0.2, 0.25) is 0 Å². The first kappa shape index (κ1) is 10.9. The van der Waals surface area contributed by atoms with Crippen LogP contribution in [0.15, 0.2) is 28.0 Å². The second-order valence-corrected chi connectivity index (χ2v) is 5.98. The van der Waals surface area contributed by atoms with Crippen molar-refractivity contribution in [3.8, 4) is 0 Å². The lowest BCUT2D eigenvalue weighted by atomic mass is 10.2. The van der Waals surface area contributed by atoms with E-state index in [1.165, 1.54) is 11.8 Å². The zero-order chi connectivity index (χ0) is 10.1. The number of thioether (sulfide) groups is 1. The molecule has 13 heavy (non-hydrogen) atoms. The lowest BCUT2D eigenvalue weighted by molar-refractivity contribution is 0.609. The molecule has 0 saturated carbocycles. The number of aryl methyl sites for hydroxylation is 1. The van der Waals surface area contributed by atoms with Gasteiger partial charge in [0.1, 0.15) is 0 Å². The third-order valence-electron chi connectivity index (χ3n) is 1.66. The molecule has 2 nitrogen and oxygen atoms in total. The van der Waals surface area contributed by atoms with Gasteiger partial charge in [0.15, 0.2) is 0 Å². The molecule has 0 aromatic heterocycles. The predicted octanol–water partition coefficient (Wildman–Crippen LogP) is 2.64. The summed E-state index contributed by atoms with van der Waals surface area (Å²) in [5.41, 5.74) is 0.674. The van der Waals surface area contributed by atoms with Gasteiger partial charge >= 0.3 is 0 Å². The molecule has 0 N–H and O–H groups in total. The highest BCUT2D eigenvalue weighted by Gasteiger charge is 2.13. The van der Waals surface area contributed by atoms with Crippen LogP contribution in [-0.4, -0.2) is 14.7 Å². The van der Waals surface area contributed by atoms with Gasteiger partial charge in [0, 0.05) is 15.6 Å². The standard InChI is InChI=1S/C8H9ClO2S2/c1-6-3-4-7(12-2)5-8(6)13(9,10)11/h3-5H,1-2H3. The fourth-order valence-electron chi connectivity index (χ4n) is 0.970. The molecule has 0 aliphatic rings. The van der Waals surface area contributed by atoms with Crippen LogP contribution in [-0.2, 0) is 9.05 Å². The van der Waals surface area contributed by atoms with Gasteiger partial charge in [0.25, 0.3) is 9.05 Å². The fourth-order valence-corrected chi connectivity index (χ4v) is 2.70. The Kier molecular flexibility index (Phi) is 3.27. The summed E-state index contributed by atoms with van der Waals surface area (Å²) in [6.45, 7) is 1.72. The zero-order valence-corrected chi connectivity index (χ0v) is 9.63. The van der Waals surface area contributed by atoms with Crippen molar-refractivity contribution in [2.75, 3.05) is 6.26 Å². The van der Waals surface area contributed by atoms with Gasteiger partial charge in [-0.3, -0.25) is 0 Å². The Morgan fingerprint density at radius 3 is 2.46 bits per heavy atom. The summed E-state index contributed by atoms with van der Waals surface area (Å²) < 4.78 is 22.2. The van der Waals surface area contributed by atoms with Crippen LogP contribution in [0, 0.1) is 6.92 Å². The predicted molar refractivity (Wildman–Crippen MR) is 56.0 cm³/mol. The summed E-state index contributed by atoms with van der Waals surface area (Å²) in [5.74, 6) is 0. The van der Waals surface area contributed by atoms with E-state index in [2.05, 4.69) is 0 Å². The zero-order valence-electron chi connectivity index (χ0n) is 7.24. The van der Waals surface area contributed by atoms with Crippen LogP contribution >= 0.6 is 22.4 Å². The summed E-state index contributed by atoms with van der Waals surface area (Å²) in [6.07, 6.45) is 1.88. The molecule has 0 spiro atoms. The average molecular weight is 237 g/mol. The molecule has 0 radical (unpaired) electrons. The molecular formula is C8H9ClO2S2. The Bertz CT molecular complexity index is 412. The molecule has 1 rings (SSSR count). The van der Waals surface area contributed by atoms with E-state index in [0.29, 0.717) is 5.56 Å². The van der Waals surface area contributed by atoms with Gasteiger partial charge in [-0.05, 0) is 30.9 Å². The maximum Gasteiger partial charge on any atom is 0.261 e. The highest BCUT2D eigenvalue weighted by molar-refractivity contribution is 8.13. The number of rotatable bonds is 2. The number of halogens is 1. The van der Waals surface area contributed by atoms with E-state index < -0.39 is 9.05 Å². The third-order valence-corrected chi connectivity index (χ3v) is 3.85. The van der Waals surface area contributed by atoms with Crippen LogP contribution in [0.25, 0.3) is 0 Å². The lowest BCUT2D eigenvalue weighted by Gasteiger charge is -2.03. The SMILES string of the molecule is CSc1ccc(C)c(S(=O)(=O)Cl)c1. The number of hydrogen-bond donors (Lipinski definition) is 0. The summed E-state index contributed by atoms with van der Waals surface area (Å²) in [5, 5.41) is 0. The van der Waals surface area contributed by atoms with Crippen LogP contribution in [0.3, 0.4) is 0 Å². The van der Waals surface area contributed by atoms with E-state index in [4.69, 9.17) is 10.7 Å². The van der Waals surface area contributed by atoms with Crippen molar-refractivity contribution in [3.05, 3.63) is 23.8 Å². The molecule has 0 aliphatic heterocycles. The third kappa shape index (κ3) is 2.62. The second kappa shape index (κ2) is 3.90. The maximum atomic E-state index is 11.1. The first-order valence-corrected chi connectivity index (χ1v) is 7.08. The normalized spacial score (nSPS) is 11.6. The van der Waals surface area contributed by atoms with Crippen molar-refractivity contribution in [2.24, 2.45) is 0 Å². The molecule has 72 valence electrons. The Morgan fingerprint density at radius 2 is 2.00 bits per heavy atom. The molecule has 0 unspecified atom stereocenters. The Hall–Kier alpha value is -0.190. The molecular weight excluding hydrogens is 228 g/mol. The largest absolute Gasteiger partial charge is 0.261 e. The van der Waals surface area contributed by atoms with E-state index in [9.17, 15) is 8.42 Å². The first-order chi connectivity index (χ1) is 5.95. The molecule has 5 heteroatoms. The molecule has 0 atom stereocenters. The van der Waals surface area contributed by atoms with Gasteiger partial charge < -0.3 is 0 Å². The quantitative estimate of drug-likeness (QED) is 0.585. The van der Waals surface area contributed by atoms with E-state index >= 15 is 0 Å². The maximum absolute atomic E-state index is 11.1. The van der Waals surface area contributed by atoms with E-state index in [0.717, 1.165) is 4.90 Å². The first-order valence-electron chi connectivity index (χ1n) is 3.54. The van der Waals surface area contributed by atoms with Gasteiger partial charge in [0.05, 0.1) is 4.90 Å². The van der Waals surface area contributed by atoms with Crippen LogP contribution in [0.1, 0.15) is 5.56 Å². The highest BCUT2D eigenvalue weighted by Crippen LogP contribution is 2.24. The molecule has 0 bridgehead atoms. The minimum absolute atomic E-state index is 0.195.